The van der Waals surface area contributed by atoms with E-state index in [1.165, 1.54) is 0 Å². The summed E-state index contributed by atoms with van der Waals surface area (Å²) in [6.07, 6.45) is 9.47. The summed E-state index contributed by atoms with van der Waals surface area (Å²) in [6, 6.07) is 3.71. The number of hydrogen-bond acceptors (Lipinski definition) is 2. The van der Waals surface area contributed by atoms with E-state index in [1.807, 2.05) is 46.1 Å². The summed E-state index contributed by atoms with van der Waals surface area (Å²) in [5, 5.41) is 0. The third kappa shape index (κ3) is 2.11. The Bertz CT molecular complexity index is 491. The predicted molar refractivity (Wildman–Crippen MR) is 60.5 cm³/mol. The van der Waals surface area contributed by atoms with Crippen LogP contribution in [0.2, 0.25) is 0 Å². The SMILES string of the molecule is C=CC[n+]1ccn(-c2cc(OC)ccn2)c1. The van der Waals surface area contributed by atoms with E-state index >= 15 is 0 Å². The monoisotopic (exact) mass is 216 g/mol. The zero-order valence-corrected chi connectivity index (χ0v) is 9.21. The molecular weight excluding hydrogens is 202 g/mol. The molecule has 2 heterocycles. The lowest BCUT2D eigenvalue weighted by Gasteiger charge is -1.99. The number of ether oxygens (including phenoxy) is 1. The van der Waals surface area contributed by atoms with Crippen molar-refractivity contribution in [3.05, 3.63) is 49.7 Å². The van der Waals surface area contributed by atoms with Gasteiger partial charge in [-0.15, -0.1) is 0 Å². The maximum absolute atomic E-state index is 5.15. The molecule has 0 unspecified atom stereocenters. The predicted octanol–water partition coefficient (Wildman–Crippen LogP) is 1.35. The average Bonchev–Trinajstić information content (AvgIpc) is 2.78. The quantitative estimate of drug-likeness (QED) is 0.570. The van der Waals surface area contributed by atoms with Crippen LogP contribution in [0.4, 0.5) is 0 Å². The molecule has 0 spiro atoms. The molecule has 2 aromatic rings. The minimum atomic E-state index is 0.789. The third-order valence-corrected chi connectivity index (χ3v) is 2.25. The van der Waals surface area contributed by atoms with E-state index in [9.17, 15) is 0 Å². The zero-order valence-electron chi connectivity index (χ0n) is 9.21. The van der Waals surface area contributed by atoms with Gasteiger partial charge >= 0.3 is 0 Å². The topological polar surface area (TPSA) is 30.9 Å². The van der Waals surface area contributed by atoms with Crippen molar-refractivity contribution in [2.24, 2.45) is 0 Å². The maximum atomic E-state index is 5.15. The van der Waals surface area contributed by atoms with Gasteiger partial charge in [-0.05, 0) is 6.07 Å². The fraction of sp³-hybridized carbons (Fsp3) is 0.167. The summed E-state index contributed by atoms with van der Waals surface area (Å²) in [4.78, 5) is 4.27. The molecule has 0 saturated heterocycles. The summed E-state index contributed by atoms with van der Waals surface area (Å²) in [5.41, 5.74) is 0. The van der Waals surface area contributed by atoms with E-state index in [2.05, 4.69) is 11.6 Å². The van der Waals surface area contributed by atoms with Crippen LogP contribution < -0.4 is 9.30 Å². The summed E-state index contributed by atoms with van der Waals surface area (Å²) in [5.74, 6) is 1.64. The van der Waals surface area contributed by atoms with Gasteiger partial charge in [0.05, 0.1) is 7.11 Å². The largest absolute Gasteiger partial charge is 0.496 e. The van der Waals surface area contributed by atoms with Crippen molar-refractivity contribution in [1.82, 2.24) is 9.55 Å². The molecule has 0 saturated carbocycles. The van der Waals surface area contributed by atoms with Crippen molar-refractivity contribution < 1.29 is 9.30 Å². The molecule has 0 fully saturated rings. The van der Waals surface area contributed by atoms with Crippen LogP contribution in [-0.4, -0.2) is 16.7 Å². The Morgan fingerprint density at radius 3 is 3.25 bits per heavy atom. The average molecular weight is 216 g/mol. The molecule has 0 aliphatic rings. The van der Waals surface area contributed by atoms with E-state index in [1.54, 1.807) is 13.3 Å². The number of imidazole rings is 1. The van der Waals surface area contributed by atoms with Crippen LogP contribution in [-0.2, 0) is 6.54 Å². The van der Waals surface area contributed by atoms with Gasteiger partial charge in [-0.2, -0.15) is 4.57 Å². The summed E-state index contributed by atoms with van der Waals surface area (Å²) in [6.45, 7) is 4.49. The van der Waals surface area contributed by atoms with E-state index < -0.39 is 0 Å². The van der Waals surface area contributed by atoms with Crippen molar-refractivity contribution in [1.29, 1.82) is 0 Å². The number of allylic oxidation sites excluding steroid dienone is 1. The van der Waals surface area contributed by atoms with Gasteiger partial charge in [0.15, 0.2) is 0 Å². The first-order chi connectivity index (χ1) is 7.83. The number of aromatic nitrogens is 3. The van der Waals surface area contributed by atoms with Gasteiger partial charge in [-0.1, -0.05) is 12.7 Å². The first-order valence-corrected chi connectivity index (χ1v) is 5.02. The molecule has 16 heavy (non-hydrogen) atoms. The molecule has 2 aromatic heterocycles. The van der Waals surface area contributed by atoms with Crippen LogP contribution in [0.3, 0.4) is 0 Å². The number of nitrogens with zero attached hydrogens (tertiary/aromatic N) is 3. The second kappa shape index (κ2) is 4.61. The lowest BCUT2D eigenvalue weighted by atomic mass is 10.4. The number of pyridine rings is 1. The molecule has 0 aliphatic carbocycles. The minimum absolute atomic E-state index is 0.789. The highest BCUT2D eigenvalue weighted by atomic mass is 16.5. The summed E-state index contributed by atoms with van der Waals surface area (Å²) < 4.78 is 9.11. The van der Waals surface area contributed by atoms with Gasteiger partial charge in [0, 0.05) is 12.3 Å². The molecule has 0 radical (unpaired) electrons. The van der Waals surface area contributed by atoms with Crippen LogP contribution >= 0.6 is 0 Å². The Morgan fingerprint density at radius 1 is 1.62 bits per heavy atom. The zero-order chi connectivity index (χ0) is 11.4. The van der Waals surface area contributed by atoms with Crippen LogP contribution in [0.15, 0.2) is 49.7 Å². The second-order valence-electron chi connectivity index (χ2n) is 3.36. The van der Waals surface area contributed by atoms with Crippen LogP contribution in [0, 0.1) is 0 Å². The van der Waals surface area contributed by atoms with E-state index in [-0.39, 0.29) is 0 Å². The molecule has 0 N–H and O–H groups in total. The molecule has 4 heteroatoms. The fourth-order valence-electron chi connectivity index (χ4n) is 1.45. The van der Waals surface area contributed by atoms with Crippen molar-refractivity contribution >= 4 is 0 Å². The molecule has 0 aliphatic heterocycles. The van der Waals surface area contributed by atoms with Crippen molar-refractivity contribution in [3.63, 3.8) is 0 Å². The van der Waals surface area contributed by atoms with Crippen LogP contribution in [0.25, 0.3) is 5.82 Å². The van der Waals surface area contributed by atoms with Gasteiger partial charge in [-0.3, -0.25) is 0 Å². The number of methoxy groups -OCH3 is 1. The minimum Gasteiger partial charge on any atom is -0.496 e. The van der Waals surface area contributed by atoms with Crippen LogP contribution in [0.5, 0.6) is 5.75 Å². The third-order valence-electron chi connectivity index (χ3n) is 2.25. The van der Waals surface area contributed by atoms with E-state index in [4.69, 9.17) is 4.74 Å². The van der Waals surface area contributed by atoms with Gasteiger partial charge in [0.25, 0.3) is 6.33 Å². The molecule has 4 nitrogen and oxygen atoms in total. The standard InChI is InChI=1S/C12H14N3O/c1-3-6-14-7-8-15(10-14)12-9-11(16-2)4-5-13-12/h3-5,7-10H,1,6H2,2H3/q+1. The Balaban J connectivity index is 2.30. The normalized spacial score (nSPS) is 10.1. The molecule has 82 valence electrons. The Kier molecular flexibility index (Phi) is 3.00. The number of hydrogen-bond donors (Lipinski definition) is 0. The molecular formula is C12H14N3O+. The summed E-state index contributed by atoms with van der Waals surface area (Å²) >= 11 is 0. The second-order valence-corrected chi connectivity index (χ2v) is 3.36. The first kappa shape index (κ1) is 10.4. The smallest absolute Gasteiger partial charge is 0.250 e. The molecule has 0 atom stereocenters. The van der Waals surface area contributed by atoms with Crippen molar-refractivity contribution in [2.75, 3.05) is 7.11 Å². The van der Waals surface area contributed by atoms with E-state index in [0.717, 1.165) is 18.1 Å². The Hall–Kier alpha value is -2.10. The summed E-state index contributed by atoms with van der Waals surface area (Å²) in [7, 11) is 1.65. The highest BCUT2D eigenvalue weighted by Crippen LogP contribution is 2.12. The fourth-order valence-corrected chi connectivity index (χ4v) is 1.45. The Labute approximate surface area is 94.4 Å². The highest BCUT2D eigenvalue weighted by Gasteiger charge is 2.07. The lowest BCUT2D eigenvalue weighted by molar-refractivity contribution is -0.686. The van der Waals surface area contributed by atoms with Gasteiger partial charge in [-0.25, -0.2) is 9.55 Å². The first-order valence-electron chi connectivity index (χ1n) is 5.02. The van der Waals surface area contributed by atoms with Crippen molar-refractivity contribution in [2.45, 2.75) is 6.54 Å². The van der Waals surface area contributed by atoms with Crippen LogP contribution in [0.1, 0.15) is 0 Å². The maximum Gasteiger partial charge on any atom is 0.250 e. The van der Waals surface area contributed by atoms with Crippen molar-refractivity contribution in [3.8, 4) is 11.6 Å². The van der Waals surface area contributed by atoms with Gasteiger partial charge in [0.2, 0.25) is 5.82 Å². The Morgan fingerprint density at radius 2 is 2.50 bits per heavy atom. The lowest BCUT2D eigenvalue weighted by Crippen LogP contribution is -2.29. The number of rotatable bonds is 4. The molecule has 0 bridgehead atoms. The van der Waals surface area contributed by atoms with Gasteiger partial charge in [0.1, 0.15) is 24.7 Å². The molecule has 2 rings (SSSR count). The van der Waals surface area contributed by atoms with Gasteiger partial charge < -0.3 is 4.74 Å². The molecule has 0 amide bonds. The van der Waals surface area contributed by atoms with E-state index in [0.29, 0.717) is 0 Å². The molecule has 0 aromatic carbocycles. The highest BCUT2D eigenvalue weighted by molar-refractivity contribution is 5.31.